The second-order valence-electron chi connectivity index (χ2n) is 5.43. The van der Waals surface area contributed by atoms with Crippen LogP contribution in [0.25, 0.3) is 5.76 Å². The molecule has 118 valence electrons. The van der Waals surface area contributed by atoms with Crippen LogP contribution in [-0.4, -0.2) is 18.7 Å². The number of hydrogen-bond acceptors (Lipinski definition) is 3. The van der Waals surface area contributed by atoms with E-state index in [1.807, 2.05) is 30.3 Å². The third-order valence-electron chi connectivity index (χ3n) is 3.69. The zero-order valence-electron chi connectivity index (χ0n) is 13.5. The molecule has 0 aromatic heterocycles. The summed E-state index contributed by atoms with van der Waals surface area (Å²) in [5.41, 5.74) is 3.22. The first kappa shape index (κ1) is 16.7. The molecule has 2 rings (SSSR count). The fourth-order valence-electron chi connectivity index (χ4n) is 2.46. The van der Waals surface area contributed by atoms with Crippen LogP contribution in [-0.2, 0) is 22.4 Å². The number of benzene rings is 2. The predicted octanol–water partition coefficient (Wildman–Crippen LogP) is 3.86. The van der Waals surface area contributed by atoms with Crippen molar-refractivity contribution >= 4 is 17.3 Å². The Morgan fingerprint density at radius 1 is 1.04 bits per heavy atom. The van der Waals surface area contributed by atoms with Crippen LogP contribution in [0.5, 0.6) is 0 Å². The standard InChI is InChI=1S/C20H20O3/c1-14(21)17-9-6-7-16(11-17)12-19(22)13-18-8-4-5-10-20(18)15(2)23-3/h4-11H,2,12-13H2,1,3H3. The Labute approximate surface area is 136 Å². The summed E-state index contributed by atoms with van der Waals surface area (Å²) in [6, 6.07) is 14.8. The number of ether oxygens (including phenoxy) is 1. The molecule has 3 heteroatoms. The van der Waals surface area contributed by atoms with Gasteiger partial charge in [-0.2, -0.15) is 0 Å². The van der Waals surface area contributed by atoms with Crippen molar-refractivity contribution in [3.63, 3.8) is 0 Å². The molecule has 0 amide bonds. The van der Waals surface area contributed by atoms with Gasteiger partial charge in [0.05, 0.1) is 7.11 Å². The minimum Gasteiger partial charge on any atom is -0.497 e. The van der Waals surface area contributed by atoms with Crippen LogP contribution < -0.4 is 0 Å². The van der Waals surface area contributed by atoms with E-state index in [4.69, 9.17) is 4.74 Å². The normalized spacial score (nSPS) is 10.2. The SMILES string of the molecule is C=C(OC)c1ccccc1CC(=O)Cc1cccc(C(C)=O)c1. The average molecular weight is 308 g/mol. The first-order valence-corrected chi connectivity index (χ1v) is 7.44. The Balaban J connectivity index is 2.13. The maximum Gasteiger partial charge on any atom is 0.159 e. The van der Waals surface area contributed by atoms with Crippen LogP contribution in [0, 0.1) is 0 Å². The van der Waals surface area contributed by atoms with Gasteiger partial charge in [-0.1, -0.05) is 49.0 Å². The third kappa shape index (κ3) is 4.39. The van der Waals surface area contributed by atoms with Gasteiger partial charge in [0.2, 0.25) is 0 Å². The maximum atomic E-state index is 12.4. The smallest absolute Gasteiger partial charge is 0.159 e. The van der Waals surface area contributed by atoms with Crippen molar-refractivity contribution in [2.45, 2.75) is 19.8 Å². The van der Waals surface area contributed by atoms with Gasteiger partial charge >= 0.3 is 0 Å². The molecule has 23 heavy (non-hydrogen) atoms. The molecule has 0 radical (unpaired) electrons. The third-order valence-corrected chi connectivity index (χ3v) is 3.69. The predicted molar refractivity (Wildman–Crippen MR) is 91.3 cm³/mol. The highest BCUT2D eigenvalue weighted by molar-refractivity contribution is 5.94. The van der Waals surface area contributed by atoms with E-state index in [0.29, 0.717) is 24.2 Å². The quantitative estimate of drug-likeness (QED) is 0.576. The van der Waals surface area contributed by atoms with E-state index in [-0.39, 0.29) is 11.6 Å². The molecule has 0 aliphatic carbocycles. The lowest BCUT2D eigenvalue weighted by atomic mass is 9.97. The van der Waals surface area contributed by atoms with Crippen molar-refractivity contribution in [2.75, 3.05) is 7.11 Å². The van der Waals surface area contributed by atoms with Gasteiger partial charge in [0.15, 0.2) is 5.78 Å². The summed E-state index contributed by atoms with van der Waals surface area (Å²) < 4.78 is 5.18. The minimum absolute atomic E-state index is 0.000961. The highest BCUT2D eigenvalue weighted by Gasteiger charge is 2.11. The van der Waals surface area contributed by atoms with Crippen LogP contribution in [0.1, 0.15) is 34.0 Å². The van der Waals surface area contributed by atoms with Crippen molar-refractivity contribution in [3.8, 4) is 0 Å². The van der Waals surface area contributed by atoms with Gasteiger partial charge < -0.3 is 4.74 Å². The topological polar surface area (TPSA) is 43.4 Å². The summed E-state index contributed by atoms with van der Waals surface area (Å²) >= 11 is 0. The lowest BCUT2D eigenvalue weighted by Gasteiger charge is -2.10. The van der Waals surface area contributed by atoms with Gasteiger partial charge in [-0.05, 0) is 24.1 Å². The molecule has 0 N–H and O–H groups in total. The van der Waals surface area contributed by atoms with E-state index >= 15 is 0 Å². The summed E-state index contributed by atoms with van der Waals surface area (Å²) in [6.07, 6.45) is 0.609. The number of Topliss-reactive ketones (excluding diaryl/α,β-unsaturated/α-hetero) is 2. The molecule has 0 saturated heterocycles. The molecule has 0 fully saturated rings. The lowest BCUT2D eigenvalue weighted by Crippen LogP contribution is -2.09. The molecule has 0 aliphatic rings. The molecule has 2 aromatic rings. The molecule has 0 saturated carbocycles. The van der Waals surface area contributed by atoms with Gasteiger partial charge in [0.1, 0.15) is 11.5 Å². The van der Waals surface area contributed by atoms with Crippen molar-refractivity contribution in [1.29, 1.82) is 0 Å². The number of carbonyl (C=O) groups is 2. The summed E-state index contributed by atoms with van der Waals surface area (Å²) in [5, 5.41) is 0. The summed E-state index contributed by atoms with van der Waals surface area (Å²) in [5.74, 6) is 0.634. The number of methoxy groups -OCH3 is 1. The number of rotatable bonds is 7. The van der Waals surface area contributed by atoms with E-state index in [0.717, 1.165) is 16.7 Å². The van der Waals surface area contributed by atoms with Crippen molar-refractivity contribution in [1.82, 2.24) is 0 Å². The fourth-order valence-corrected chi connectivity index (χ4v) is 2.46. The Morgan fingerprint density at radius 2 is 1.78 bits per heavy atom. The average Bonchev–Trinajstić information content (AvgIpc) is 2.54. The number of carbonyl (C=O) groups excluding carboxylic acids is 2. The molecule has 2 aromatic carbocycles. The monoisotopic (exact) mass is 308 g/mol. The van der Waals surface area contributed by atoms with Gasteiger partial charge in [-0.3, -0.25) is 9.59 Å². The molecular formula is C20H20O3. The van der Waals surface area contributed by atoms with Crippen LogP contribution in [0.2, 0.25) is 0 Å². The molecule has 0 atom stereocenters. The van der Waals surface area contributed by atoms with Crippen LogP contribution >= 0.6 is 0 Å². The van der Waals surface area contributed by atoms with Crippen molar-refractivity contribution in [2.24, 2.45) is 0 Å². The zero-order valence-corrected chi connectivity index (χ0v) is 13.5. The summed E-state index contributed by atoms with van der Waals surface area (Å²) in [7, 11) is 1.56. The molecule has 0 spiro atoms. The van der Waals surface area contributed by atoms with Gasteiger partial charge in [-0.25, -0.2) is 0 Å². The van der Waals surface area contributed by atoms with Gasteiger partial charge in [-0.15, -0.1) is 0 Å². The maximum absolute atomic E-state index is 12.4. The van der Waals surface area contributed by atoms with E-state index in [1.54, 1.807) is 25.3 Å². The molecule has 3 nitrogen and oxygen atoms in total. The highest BCUT2D eigenvalue weighted by atomic mass is 16.5. The van der Waals surface area contributed by atoms with E-state index in [2.05, 4.69) is 6.58 Å². The van der Waals surface area contributed by atoms with Crippen molar-refractivity contribution in [3.05, 3.63) is 77.4 Å². The number of ketones is 2. The minimum atomic E-state index is 0.000961. The summed E-state index contributed by atoms with van der Waals surface area (Å²) in [4.78, 5) is 23.8. The molecule has 0 bridgehead atoms. The van der Waals surface area contributed by atoms with Gasteiger partial charge in [0, 0.05) is 24.0 Å². The Morgan fingerprint density at radius 3 is 2.48 bits per heavy atom. The second kappa shape index (κ2) is 7.54. The van der Waals surface area contributed by atoms with E-state index < -0.39 is 0 Å². The van der Waals surface area contributed by atoms with Crippen LogP contribution in [0.4, 0.5) is 0 Å². The van der Waals surface area contributed by atoms with E-state index in [9.17, 15) is 9.59 Å². The first-order valence-electron chi connectivity index (χ1n) is 7.44. The van der Waals surface area contributed by atoms with Gasteiger partial charge in [0.25, 0.3) is 0 Å². The Kier molecular flexibility index (Phi) is 5.47. The molecule has 0 heterocycles. The lowest BCUT2D eigenvalue weighted by molar-refractivity contribution is -0.117. The Bertz CT molecular complexity index is 744. The largest absolute Gasteiger partial charge is 0.497 e. The Hall–Kier alpha value is -2.68. The highest BCUT2D eigenvalue weighted by Crippen LogP contribution is 2.19. The second-order valence-corrected chi connectivity index (χ2v) is 5.43. The van der Waals surface area contributed by atoms with Crippen LogP contribution in [0.3, 0.4) is 0 Å². The summed E-state index contributed by atoms with van der Waals surface area (Å²) in [6.45, 7) is 5.38. The zero-order chi connectivity index (χ0) is 16.8. The van der Waals surface area contributed by atoms with Crippen LogP contribution in [0.15, 0.2) is 55.1 Å². The van der Waals surface area contributed by atoms with Crippen molar-refractivity contribution < 1.29 is 14.3 Å². The molecule has 0 unspecified atom stereocenters. The fraction of sp³-hybridized carbons (Fsp3) is 0.200. The number of hydrogen-bond donors (Lipinski definition) is 0. The first-order chi connectivity index (χ1) is 11.0. The molecular weight excluding hydrogens is 288 g/mol. The molecule has 0 aliphatic heterocycles. The van der Waals surface area contributed by atoms with E-state index in [1.165, 1.54) is 6.92 Å².